The van der Waals surface area contributed by atoms with Gasteiger partial charge in [0.05, 0.1) is 24.0 Å². The van der Waals surface area contributed by atoms with Gasteiger partial charge in [0.1, 0.15) is 0 Å². The van der Waals surface area contributed by atoms with Crippen LogP contribution in [-0.4, -0.2) is 33.8 Å². The number of amides is 1. The van der Waals surface area contributed by atoms with Crippen molar-refractivity contribution in [2.75, 3.05) is 11.9 Å². The zero-order chi connectivity index (χ0) is 22.5. The Kier molecular flexibility index (Phi) is 6.07. The predicted octanol–water partition coefficient (Wildman–Crippen LogP) is 3.74. The summed E-state index contributed by atoms with van der Waals surface area (Å²) < 4.78 is 1.85. The van der Waals surface area contributed by atoms with E-state index in [1.165, 1.54) is 0 Å². The molecule has 0 bridgehead atoms. The Morgan fingerprint density at radius 3 is 2.56 bits per heavy atom. The number of hydrazone groups is 1. The normalized spacial score (nSPS) is 11.1. The van der Waals surface area contributed by atoms with Gasteiger partial charge in [0, 0.05) is 35.4 Å². The number of aryl methyl sites for hydroxylation is 1. The van der Waals surface area contributed by atoms with Gasteiger partial charge in [0.25, 0.3) is 5.91 Å². The van der Waals surface area contributed by atoms with Gasteiger partial charge in [-0.05, 0) is 55.3 Å². The average Bonchev–Trinajstić information content (AvgIpc) is 3.10. The van der Waals surface area contributed by atoms with Crippen molar-refractivity contribution in [2.24, 2.45) is 5.10 Å². The van der Waals surface area contributed by atoms with Crippen molar-refractivity contribution >= 4 is 29.1 Å². The maximum absolute atomic E-state index is 13.2. The highest BCUT2D eigenvalue weighted by molar-refractivity contribution is 6.11. The van der Waals surface area contributed by atoms with Crippen LogP contribution in [0.4, 0.5) is 5.69 Å². The molecule has 0 fully saturated rings. The van der Waals surface area contributed by atoms with E-state index >= 15 is 0 Å². The van der Waals surface area contributed by atoms with Gasteiger partial charge in [0.2, 0.25) is 5.78 Å². The van der Waals surface area contributed by atoms with Crippen molar-refractivity contribution in [3.63, 3.8) is 0 Å². The Balaban J connectivity index is 1.54. The zero-order valence-corrected chi connectivity index (χ0v) is 17.9. The van der Waals surface area contributed by atoms with E-state index in [2.05, 4.69) is 20.8 Å². The molecule has 0 atom stereocenters. The summed E-state index contributed by atoms with van der Waals surface area (Å²) in [6.45, 7) is 3.96. The molecule has 0 spiro atoms. The molecule has 0 unspecified atom stereocenters. The van der Waals surface area contributed by atoms with Crippen molar-refractivity contribution in [2.45, 2.75) is 13.8 Å². The molecule has 0 saturated carbocycles. The molecule has 0 saturated heterocycles. The van der Waals surface area contributed by atoms with E-state index in [0.29, 0.717) is 11.3 Å². The minimum atomic E-state index is -0.265. The first-order valence-electron chi connectivity index (χ1n) is 10.2. The van der Waals surface area contributed by atoms with E-state index in [9.17, 15) is 9.59 Å². The molecule has 0 aliphatic heterocycles. The van der Waals surface area contributed by atoms with Crippen molar-refractivity contribution < 1.29 is 9.59 Å². The van der Waals surface area contributed by atoms with Gasteiger partial charge in [-0.25, -0.2) is 5.43 Å². The van der Waals surface area contributed by atoms with Crippen LogP contribution < -0.4 is 10.7 Å². The van der Waals surface area contributed by atoms with Crippen LogP contribution in [0.25, 0.3) is 5.52 Å². The standard InChI is InChI=1S/C25H23N5O2/c1-17-7-3-4-8-21(17)27-16-23(31)29-28-15-20-18(2)24(30-14-6-5-9-22(20)30)25(32)19-10-12-26-13-11-19/h3-15,27H,16H2,1-2H3,(H,29,31)/b28-15-. The molecular weight excluding hydrogens is 402 g/mol. The summed E-state index contributed by atoms with van der Waals surface area (Å²) in [5.41, 5.74) is 8.02. The first-order chi connectivity index (χ1) is 15.6. The van der Waals surface area contributed by atoms with Crippen LogP contribution in [0.1, 0.15) is 32.7 Å². The van der Waals surface area contributed by atoms with E-state index < -0.39 is 0 Å². The minimum Gasteiger partial charge on any atom is -0.376 e. The Bertz CT molecular complexity index is 1310. The van der Waals surface area contributed by atoms with E-state index in [1.807, 2.05) is 66.9 Å². The monoisotopic (exact) mass is 425 g/mol. The van der Waals surface area contributed by atoms with Gasteiger partial charge in [-0.1, -0.05) is 24.3 Å². The maximum Gasteiger partial charge on any atom is 0.259 e. The fourth-order valence-electron chi connectivity index (χ4n) is 3.60. The van der Waals surface area contributed by atoms with Crippen LogP contribution >= 0.6 is 0 Å². The number of aromatic nitrogens is 2. The number of hydrogen-bond donors (Lipinski definition) is 2. The lowest BCUT2D eigenvalue weighted by Gasteiger charge is -2.07. The van der Waals surface area contributed by atoms with Crippen LogP contribution in [-0.2, 0) is 4.79 Å². The molecule has 4 aromatic rings. The third-order valence-corrected chi connectivity index (χ3v) is 5.26. The van der Waals surface area contributed by atoms with Gasteiger partial charge in [0.15, 0.2) is 0 Å². The molecule has 3 heterocycles. The summed E-state index contributed by atoms with van der Waals surface area (Å²) in [6, 6.07) is 16.8. The number of fused-ring (bicyclic) bond motifs is 1. The number of nitrogens with zero attached hydrogens (tertiary/aromatic N) is 3. The third-order valence-electron chi connectivity index (χ3n) is 5.26. The van der Waals surface area contributed by atoms with Crippen LogP contribution in [0.2, 0.25) is 0 Å². The number of ketones is 1. The SMILES string of the molecule is Cc1ccccc1NCC(=O)N/N=C\c1c(C)c(C(=O)c2ccncc2)n2ccccc12. The van der Waals surface area contributed by atoms with Crippen molar-refractivity contribution in [3.8, 4) is 0 Å². The third kappa shape index (κ3) is 4.27. The largest absolute Gasteiger partial charge is 0.376 e. The highest BCUT2D eigenvalue weighted by Gasteiger charge is 2.20. The summed E-state index contributed by atoms with van der Waals surface area (Å²) in [5, 5.41) is 7.23. The van der Waals surface area contributed by atoms with Crippen molar-refractivity contribution in [3.05, 3.63) is 101 Å². The number of para-hydroxylation sites is 1. The number of nitrogens with one attached hydrogen (secondary N) is 2. The highest BCUT2D eigenvalue weighted by atomic mass is 16.2. The quantitative estimate of drug-likeness (QED) is 0.268. The topological polar surface area (TPSA) is 87.9 Å². The van der Waals surface area contributed by atoms with Crippen LogP contribution in [0.5, 0.6) is 0 Å². The molecule has 0 radical (unpaired) electrons. The lowest BCUT2D eigenvalue weighted by atomic mass is 10.1. The molecule has 1 aromatic carbocycles. The summed E-state index contributed by atoms with van der Waals surface area (Å²) in [6.07, 6.45) is 6.63. The smallest absolute Gasteiger partial charge is 0.259 e. The van der Waals surface area contributed by atoms with E-state index in [0.717, 1.165) is 27.9 Å². The first kappa shape index (κ1) is 21.0. The second-order valence-electron chi connectivity index (χ2n) is 7.37. The Labute approximate surface area is 185 Å². The molecule has 160 valence electrons. The van der Waals surface area contributed by atoms with Gasteiger partial charge in [-0.15, -0.1) is 0 Å². The summed E-state index contributed by atoms with van der Waals surface area (Å²) >= 11 is 0. The van der Waals surface area contributed by atoms with E-state index in [-0.39, 0.29) is 18.2 Å². The molecule has 7 heteroatoms. The first-order valence-corrected chi connectivity index (χ1v) is 10.2. The Hall–Kier alpha value is -4.26. The zero-order valence-electron chi connectivity index (χ0n) is 17.9. The average molecular weight is 425 g/mol. The molecule has 4 rings (SSSR count). The van der Waals surface area contributed by atoms with Crippen molar-refractivity contribution in [1.82, 2.24) is 14.8 Å². The molecule has 7 nitrogen and oxygen atoms in total. The minimum absolute atomic E-state index is 0.0998. The summed E-state index contributed by atoms with van der Waals surface area (Å²) in [7, 11) is 0. The van der Waals surface area contributed by atoms with Crippen LogP contribution in [0.15, 0.2) is 78.3 Å². The van der Waals surface area contributed by atoms with Crippen LogP contribution in [0.3, 0.4) is 0 Å². The maximum atomic E-state index is 13.2. The predicted molar refractivity (Wildman–Crippen MR) is 125 cm³/mol. The summed E-state index contributed by atoms with van der Waals surface area (Å²) in [4.78, 5) is 29.3. The lowest BCUT2D eigenvalue weighted by Crippen LogP contribution is -2.26. The lowest BCUT2D eigenvalue weighted by molar-refractivity contribution is -0.119. The van der Waals surface area contributed by atoms with Crippen molar-refractivity contribution in [1.29, 1.82) is 0 Å². The summed E-state index contributed by atoms with van der Waals surface area (Å²) in [5.74, 6) is -0.365. The fourth-order valence-corrected chi connectivity index (χ4v) is 3.60. The molecule has 3 aromatic heterocycles. The Morgan fingerprint density at radius 1 is 1.03 bits per heavy atom. The second-order valence-corrected chi connectivity index (χ2v) is 7.37. The molecule has 1 amide bonds. The molecule has 0 aliphatic rings. The highest BCUT2D eigenvalue weighted by Crippen LogP contribution is 2.24. The fraction of sp³-hybridized carbons (Fsp3) is 0.120. The second kappa shape index (κ2) is 9.26. The number of anilines is 1. The van der Waals surface area contributed by atoms with Gasteiger partial charge < -0.3 is 9.72 Å². The molecule has 0 aliphatic carbocycles. The van der Waals surface area contributed by atoms with E-state index in [1.54, 1.807) is 30.7 Å². The van der Waals surface area contributed by atoms with Gasteiger partial charge in [-0.2, -0.15) is 5.10 Å². The van der Waals surface area contributed by atoms with E-state index in [4.69, 9.17) is 0 Å². The molecular formula is C25H23N5O2. The molecule has 32 heavy (non-hydrogen) atoms. The number of rotatable bonds is 7. The number of hydrogen-bond acceptors (Lipinski definition) is 5. The Morgan fingerprint density at radius 2 is 1.78 bits per heavy atom. The number of carbonyl (C=O) groups is 2. The van der Waals surface area contributed by atoms with Gasteiger partial charge >= 0.3 is 0 Å². The van der Waals surface area contributed by atoms with Gasteiger partial charge in [-0.3, -0.25) is 14.6 Å². The number of benzene rings is 1. The number of carbonyl (C=O) groups excluding carboxylic acids is 2. The van der Waals surface area contributed by atoms with Crippen LogP contribution in [0, 0.1) is 13.8 Å². The molecule has 2 N–H and O–H groups in total. The number of pyridine rings is 2.